The molecular weight excluding hydrogens is 662 g/mol. The molecule has 4 N–H and O–H groups in total. The van der Waals surface area contributed by atoms with Crippen molar-refractivity contribution < 1.29 is 58.1 Å². The maximum atomic E-state index is 13.5. The molecule has 5 aliphatic rings. The van der Waals surface area contributed by atoms with Gasteiger partial charge in [0, 0.05) is 43.9 Å². The maximum Gasteiger partial charge on any atom is 0.376 e. The second-order valence-electron chi connectivity index (χ2n) is 15.8. The van der Waals surface area contributed by atoms with Gasteiger partial charge in [-0.3, -0.25) is 4.79 Å². The minimum atomic E-state index is -1.59. The Labute approximate surface area is 298 Å². The van der Waals surface area contributed by atoms with E-state index >= 15 is 0 Å². The molecule has 12 atom stereocenters. The molecule has 3 aliphatic carbocycles. The Morgan fingerprint density at radius 2 is 1.82 bits per heavy atom. The molecule has 13 nitrogen and oxygen atoms in total. The molecule has 2 aliphatic heterocycles. The van der Waals surface area contributed by atoms with E-state index in [2.05, 4.69) is 11.9 Å². The highest BCUT2D eigenvalue weighted by atomic mass is 16.7. The van der Waals surface area contributed by atoms with Gasteiger partial charge in [0.05, 0.1) is 35.9 Å². The Bertz CT molecular complexity index is 1580. The van der Waals surface area contributed by atoms with Crippen molar-refractivity contribution >= 4 is 17.9 Å². The lowest BCUT2D eigenvalue weighted by Gasteiger charge is -2.68. The third-order valence-corrected chi connectivity index (χ3v) is 13.1. The van der Waals surface area contributed by atoms with Gasteiger partial charge in [0.25, 0.3) is 0 Å². The molecule has 1 aromatic rings. The number of cyclic esters (lactones) is 1. The molecule has 1 aromatic heterocycles. The van der Waals surface area contributed by atoms with Crippen LogP contribution in [0.25, 0.3) is 0 Å². The van der Waals surface area contributed by atoms with Gasteiger partial charge >= 0.3 is 17.9 Å². The number of esters is 3. The van der Waals surface area contributed by atoms with Crippen molar-refractivity contribution in [2.75, 3.05) is 20.3 Å². The molecule has 3 fully saturated rings. The third-order valence-electron chi connectivity index (χ3n) is 13.1. The van der Waals surface area contributed by atoms with Gasteiger partial charge in [-0.1, -0.05) is 25.5 Å². The first-order valence-corrected chi connectivity index (χ1v) is 18.0. The van der Waals surface area contributed by atoms with Crippen LogP contribution in [0.4, 0.5) is 0 Å². The van der Waals surface area contributed by atoms with E-state index in [4.69, 9.17) is 28.4 Å². The number of aromatic nitrogens is 1. The maximum absolute atomic E-state index is 13.5. The quantitative estimate of drug-likeness (QED) is 0.161. The molecule has 0 radical (unpaired) electrons. The van der Waals surface area contributed by atoms with E-state index in [0.717, 1.165) is 17.7 Å². The van der Waals surface area contributed by atoms with Gasteiger partial charge in [-0.15, -0.1) is 0 Å². The number of hydrogen-bond donors (Lipinski definition) is 4. The van der Waals surface area contributed by atoms with E-state index in [1.165, 1.54) is 6.92 Å². The predicted octanol–water partition coefficient (Wildman–Crippen LogP) is 4.41. The topological polar surface area (TPSA) is 183 Å². The van der Waals surface area contributed by atoms with Crippen molar-refractivity contribution in [1.29, 1.82) is 0 Å². The highest BCUT2D eigenvalue weighted by Gasteiger charge is 2.70. The zero-order valence-electron chi connectivity index (χ0n) is 30.6. The van der Waals surface area contributed by atoms with Crippen molar-refractivity contribution in [2.45, 2.75) is 117 Å². The Morgan fingerprint density at radius 1 is 1.08 bits per heavy atom. The predicted molar refractivity (Wildman–Crippen MR) is 181 cm³/mol. The number of aliphatic hydroxyl groups is 3. The first-order valence-electron chi connectivity index (χ1n) is 18.0. The summed E-state index contributed by atoms with van der Waals surface area (Å²) in [6.45, 7) is 11.0. The van der Waals surface area contributed by atoms with E-state index in [9.17, 15) is 29.7 Å². The SMILES string of the molecule is CO[C@@H]1CC[C@H](OCC2(COC(=O)c3ccc(C)[nH]3)C(OC(C)=O)CC(O)C3(C)C4CC=C(C)C(C5=C(O)C(=O)OC5O)C4(C)CCC23)O[C@@H]1C. The summed E-state index contributed by atoms with van der Waals surface area (Å²) in [6.07, 6.45) is 0.680. The fraction of sp³-hybridized carbons (Fsp3) is 0.711. The van der Waals surface area contributed by atoms with Crippen LogP contribution in [0, 0.1) is 40.9 Å². The first-order chi connectivity index (χ1) is 24.1. The van der Waals surface area contributed by atoms with Crippen LogP contribution in [0.3, 0.4) is 0 Å². The molecule has 0 amide bonds. The number of fused-ring (bicyclic) bond motifs is 3. The summed E-state index contributed by atoms with van der Waals surface area (Å²) >= 11 is 0. The van der Waals surface area contributed by atoms with Crippen molar-refractivity contribution in [2.24, 2.45) is 34.0 Å². The molecule has 1 saturated heterocycles. The largest absolute Gasteiger partial charge is 0.502 e. The number of allylic oxidation sites excluding steroid dienone is 2. The summed E-state index contributed by atoms with van der Waals surface area (Å²) in [6, 6.07) is 3.44. The Hall–Kier alpha value is -3.23. The number of ether oxygens (including phenoxy) is 6. The Kier molecular flexibility index (Phi) is 10.3. The highest BCUT2D eigenvalue weighted by Crippen LogP contribution is 2.70. The fourth-order valence-electron chi connectivity index (χ4n) is 10.6. The van der Waals surface area contributed by atoms with Gasteiger partial charge in [0.15, 0.2) is 6.29 Å². The molecule has 3 heterocycles. The molecule has 2 saturated carbocycles. The normalized spacial score (nSPS) is 40.9. The summed E-state index contributed by atoms with van der Waals surface area (Å²) in [5.41, 5.74) is -0.513. The average molecular weight is 716 g/mol. The molecule has 0 spiro atoms. The van der Waals surface area contributed by atoms with E-state index in [-0.39, 0.29) is 49.0 Å². The number of methoxy groups -OCH3 is 1. The second kappa shape index (κ2) is 14.0. The van der Waals surface area contributed by atoms with Crippen molar-refractivity contribution in [3.63, 3.8) is 0 Å². The standard InChI is InChI=1S/C38H53NO12/c1-19-8-12-25-36(5,31(19)30-32(42)35(45)51-34(30)44)15-14-26-37(25,6)27(41)16-28(50-22(4)40)38(26,18-48-33(43)23-10-9-20(2)39-23)17-47-29-13-11-24(46-7)21(3)49-29/h8-10,21,24-29,31,34,39,41-42,44H,11-18H2,1-7H3/t21-,24-,25?,26?,27?,28?,29-,31?,34?,36?,37?,38?/m1/s1. The zero-order valence-corrected chi connectivity index (χ0v) is 30.6. The van der Waals surface area contributed by atoms with Gasteiger partial charge in [-0.2, -0.15) is 0 Å². The number of rotatable bonds is 9. The second-order valence-corrected chi connectivity index (χ2v) is 15.8. The molecule has 51 heavy (non-hydrogen) atoms. The van der Waals surface area contributed by atoms with E-state index in [0.29, 0.717) is 25.7 Å². The lowest BCUT2D eigenvalue weighted by Crippen LogP contribution is -2.69. The lowest BCUT2D eigenvalue weighted by atomic mass is 9.38. The average Bonchev–Trinajstić information content (AvgIpc) is 3.61. The van der Waals surface area contributed by atoms with E-state index in [1.54, 1.807) is 19.2 Å². The summed E-state index contributed by atoms with van der Waals surface area (Å²) in [5, 5.41) is 34.0. The van der Waals surface area contributed by atoms with Gasteiger partial charge in [-0.05, 0) is 75.8 Å². The molecule has 0 bridgehead atoms. The smallest absolute Gasteiger partial charge is 0.376 e. The van der Waals surface area contributed by atoms with E-state index in [1.807, 2.05) is 33.8 Å². The summed E-state index contributed by atoms with van der Waals surface area (Å²) in [7, 11) is 1.65. The van der Waals surface area contributed by atoms with Gasteiger partial charge in [0.1, 0.15) is 18.4 Å². The van der Waals surface area contributed by atoms with E-state index < -0.39 is 76.5 Å². The van der Waals surface area contributed by atoms with Gasteiger partial charge < -0.3 is 48.7 Å². The molecule has 6 rings (SSSR count). The highest BCUT2D eigenvalue weighted by molar-refractivity contribution is 5.89. The van der Waals surface area contributed by atoms with Crippen molar-refractivity contribution in [3.8, 4) is 0 Å². The van der Waals surface area contributed by atoms with Crippen molar-refractivity contribution in [1.82, 2.24) is 4.98 Å². The van der Waals surface area contributed by atoms with Crippen LogP contribution in [0.1, 0.15) is 89.3 Å². The monoisotopic (exact) mass is 715 g/mol. The Morgan fingerprint density at radius 3 is 2.43 bits per heavy atom. The van der Waals surface area contributed by atoms with Crippen molar-refractivity contribution in [3.05, 3.63) is 46.5 Å². The third kappa shape index (κ3) is 6.32. The zero-order chi connectivity index (χ0) is 37.0. The molecular formula is C38H53NO12. The van der Waals surface area contributed by atoms with Crippen LogP contribution in [0.15, 0.2) is 35.1 Å². The minimum Gasteiger partial charge on any atom is -0.502 e. The van der Waals surface area contributed by atoms with Crippen LogP contribution in [0.2, 0.25) is 0 Å². The number of H-pyrrole nitrogens is 1. The molecule has 282 valence electrons. The number of carbonyl (C=O) groups is 3. The number of aryl methyl sites for hydroxylation is 1. The molecule has 9 unspecified atom stereocenters. The van der Waals surface area contributed by atoms with Crippen LogP contribution >= 0.6 is 0 Å². The van der Waals surface area contributed by atoms with Crippen LogP contribution in [-0.2, 0) is 38.0 Å². The van der Waals surface area contributed by atoms with Crippen LogP contribution in [0.5, 0.6) is 0 Å². The number of carbonyl (C=O) groups excluding carboxylic acids is 3. The fourth-order valence-corrected chi connectivity index (χ4v) is 10.6. The van der Waals surface area contributed by atoms with Gasteiger partial charge in [-0.25, -0.2) is 9.59 Å². The number of hydrogen-bond acceptors (Lipinski definition) is 12. The number of aromatic amines is 1. The lowest BCUT2D eigenvalue weighted by molar-refractivity contribution is -0.285. The van der Waals surface area contributed by atoms with Crippen LogP contribution in [-0.4, -0.2) is 95.5 Å². The summed E-state index contributed by atoms with van der Waals surface area (Å²) in [4.78, 5) is 41.6. The van der Waals surface area contributed by atoms with Gasteiger partial charge in [0.2, 0.25) is 12.0 Å². The number of nitrogens with one attached hydrogen (secondary N) is 1. The minimum absolute atomic E-state index is 0.0126. The first kappa shape index (κ1) is 37.5. The summed E-state index contributed by atoms with van der Waals surface area (Å²) < 4.78 is 35.6. The molecule has 0 aromatic carbocycles. The number of aliphatic hydroxyl groups excluding tert-OH is 3. The Balaban J connectivity index is 1.42. The molecule has 13 heteroatoms. The summed E-state index contributed by atoms with van der Waals surface area (Å²) in [5.74, 6) is -3.84. The van der Waals surface area contributed by atoms with Crippen LogP contribution < -0.4 is 0 Å².